The van der Waals surface area contributed by atoms with Gasteiger partial charge in [-0.25, -0.2) is 18.1 Å². The van der Waals surface area contributed by atoms with Crippen LogP contribution in [0.15, 0.2) is 65.6 Å². The van der Waals surface area contributed by atoms with E-state index in [9.17, 15) is 8.42 Å². The molecule has 0 spiro atoms. The van der Waals surface area contributed by atoms with Crippen molar-refractivity contribution in [3.05, 3.63) is 60.7 Å². The number of sulfonamides is 1. The summed E-state index contributed by atoms with van der Waals surface area (Å²) in [5.41, 5.74) is 7.56. The summed E-state index contributed by atoms with van der Waals surface area (Å²) in [6.07, 6.45) is 4.03. The van der Waals surface area contributed by atoms with Crippen molar-refractivity contribution in [2.24, 2.45) is 17.6 Å². The van der Waals surface area contributed by atoms with Gasteiger partial charge in [0.15, 0.2) is 0 Å². The maximum absolute atomic E-state index is 13.3. The average molecular weight is 578 g/mol. The lowest BCUT2D eigenvalue weighted by Crippen LogP contribution is -2.32. The van der Waals surface area contributed by atoms with Crippen LogP contribution in [0.3, 0.4) is 0 Å². The first-order chi connectivity index (χ1) is 19.4. The molecule has 0 bridgehead atoms. The molecule has 1 aliphatic rings. The van der Waals surface area contributed by atoms with Gasteiger partial charge in [-0.05, 0) is 61.8 Å². The van der Waals surface area contributed by atoms with E-state index < -0.39 is 10.0 Å². The van der Waals surface area contributed by atoms with E-state index in [2.05, 4.69) is 15.4 Å². The highest BCUT2D eigenvalue weighted by Gasteiger charge is 2.24. The molecule has 0 saturated heterocycles. The Kier molecular flexibility index (Phi) is 10.0. The first-order valence-electron chi connectivity index (χ1n) is 14.0. The van der Waals surface area contributed by atoms with E-state index in [4.69, 9.17) is 15.7 Å². The average Bonchev–Trinajstić information content (AvgIpc) is 2.97. The van der Waals surface area contributed by atoms with Crippen molar-refractivity contribution in [2.75, 3.05) is 55.8 Å². The minimum absolute atomic E-state index is 0. The third-order valence-corrected chi connectivity index (χ3v) is 9.23. The zero-order valence-corrected chi connectivity index (χ0v) is 24.0. The molecule has 1 aromatic heterocycles. The molecule has 1 aliphatic carbocycles. The number of nitrogens with two attached hydrogens (primary N) is 1. The Hall–Kier alpha value is -3.47. The lowest BCUT2D eigenvalue weighted by atomic mass is 9.82. The maximum atomic E-state index is 13.3. The Morgan fingerprint density at radius 2 is 1.49 bits per heavy atom. The van der Waals surface area contributed by atoms with Gasteiger partial charge in [0.1, 0.15) is 5.82 Å². The van der Waals surface area contributed by atoms with Crippen LogP contribution in [0.25, 0.3) is 21.7 Å². The van der Waals surface area contributed by atoms with Gasteiger partial charge in [0, 0.05) is 62.1 Å². The van der Waals surface area contributed by atoms with Crippen molar-refractivity contribution in [2.45, 2.75) is 38.0 Å². The molecule has 0 radical (unpaired) electrons. The summed E-state index contributed by atoms with van der Waals surface area (Å²) in [4.78, 5) is 11.7. The van der Waals surface area contributed by atoms with E-state index in [-0.39, 0.29) is 7.43 Å². The number of hydrogen-bond donors (Lipinski definition) is 4. The minimum Gasteiger partial charge on any atom is -0.377 e. The van der Waals surface area contributed by atoms with Crippen LogP contribution in [0.2, 0.25) is 0 Å². The second-order valence-electron chi connectivity index (χ2n) is 10.8. The molecule has 10 heteroatoms. The first-order valence-corrected chi connectivity index (χ1v) is 15.5. The largest absolute Gasteiger partial charge is 0.377 e. The van der Waals surface area contributed by atoms with Gasteiger partial charge in [0.05, 0.1) is 10.4 Å². The number of benzene rings is 3. The summed E-state index contributed by atoms with van der Waals surface area (Å²) in [6.45, 7) is 2.42. The summed E-state index contributed by atoms with van der Waals surface area (Å²) >= 11 is 0. The molecule has 220 valence electrons. The third kappa shape index (κ3) is 7.06. The molecule has 5 rings (SSSR count). The van der Waals surface area contributed by atoms with Crippen LogP contribution in [-0.2, 0) is 10.0 Å². The van der Waals surface area contributed by atoms with Crippen LogP contribution >= 0.6 is 0 Å². The molecule has 9 nitrogen and oxygen atoms in total. The number of fused-ring (bicyclic) bond motifs is 2. The van der Waals surface area contributed by atoms with Gasteiger partial charge in [0.2, 0.25) is 16.0 Å². The van der Waals surface area contributed by atoms with E-state index in [1.54, 1.807) is 6.07 Å². The normalized spacial score (nSPS) is 17.2. The van der Waals surface area contributed by atoms with E-state index >= 15 is 0 Å². The van der Waals surface area contributed by atoms with Crippen molar-refractivity contribution >= 4 is 49.2 Å². The SMILES string of the molecule is C.CN(C)c1cccc2c(S(=O)(=O)NCC3CCC(CNc4nc(NCCN)c5ccccc5n4)CC3)cccc12. The number of nitrogens with one attached hydrogen (secondary N) is 3. The fourth-order valence-electron chi connectivity index (χ4n) is 5.55. The Morgan fingerprint density at radius 1 is 0.829 bits per heavy atom. The molecule has 1 fully saturated rings. The van der Waals surface area contributed by atoms with E-state index in [1.807, 2.05) is 73.6 Å². The zero-order valence-electron chi connectivity index (χ0n) is 23.2. The molecule has 0 aliphatic heterocycles. The second kappa shape index (κ2) is 13.5. The number of para-hydroxylation sites is 1. The summed E-state index contributed by atoms with van der Waals surface area (Å²) in [5, 5.41) is 9.39. The molecule has 1 heterocycles. The highest BCUT2D eigenvalue weighted by atomic mass is 32.2. The topological polar surface area (TPSA) is 125 Å². The van der Waals surface area contributed by atoms with Gasteiger partial charge >= 0.3 is 0 Å². The van der Waals surface area contributed by atoms with E-state index in [0.29, 0.717) is 42.3 Å². The quantitative estimate of drug-likeness (QED) is 0.195. The Morgan fingerprint density at radius 3 is 2.22 bits per heavy atom. The third-order valence-electron chi connectivity index (χ3n) is 7.75. The number of anilines is 3. The molecular formula is C31H43N7O2S. The fraction of sp³-hybridized carbons (Fsp3) is 0.419. The number of hydrogen-bond acceptors (Lipinski definition) is 8. The summed E-state index contributed by atoms with van der Waals surface area (Å²) in [5.74, 6) is 2.22. The van der Waals surface area contributed by atoms with Crippen molar-refractivity contribution in [3.63, 3.8) is 0 Å². The molecule has 0 atom stereocenters. The number of rotatable bonds is 11. The van der Waals surface area contributed by atoms with Gasteiger partial charge in [-0.1, -0.05) is 43.8 Å². The smallest absolute Gasteiger partial charge is 0.241 e. The van der Waals surface area contributed by atoms with Gasteiger partial charge in [-0.3, -0.25) is 0 Å². The molecule has 4 aromatic rings. The molecule has 0 unspecified atom stereocenters. The summed E-state index contributed by atoms with van der Waals surface area (Å²) in [6, 6.07) is 19.2. The summed E-state index contributed by atoms with van der Waals surface area (Å²) < 4.78 is 29.5. The first kappa shape index (κ1) is 30.5. The Bertz CT molecular complexity index is 1570. The van der Waals surface area contributed by atoms with Crippen molar-refractivity contribution in [1.29, 1.82) is 0 Å². The van der Waals surface area contributed by atoms with Crippen LogP contribution in [0.5, 0.6) is 0 Å². The van der Waals surface area contributed by atoms with Crippen LogP contribution in [0.1, 0.15) is 33.1 Å². The number of nitrogens with zero attached hydrogens (tertiary/aromatic N) is 3. The lowest BCUT2D eigenvalue weighted by molar-refractivity contribution is 0.284. The zero-order chi connectivity index (χ0) is 28.1. The van der Waals surface area contributed by atoms with Gasteiger partial charge in [-0.2, -0.15) is 4.98 Å². The van der Waals surface area contributed by atoms with Gasteiger partial charge in [-0.15, -0.1) is 0 Å². The van der Waals surface area contributed by atoms with E-state index in [0.717, 1.165) is 65.4 Å². The minimum atomic E-state index is -3.63. The Labute approximate surface area is 244 Å². The van der Waals surface area contributed by atoms with Gasteiger partial charge in [0.25, 0.3) is 0 Å². The molecule has 0 amide bonds. The molecule has 5 N–H and O–H groups in total. The van der Waals surface area contributed by atoms with Crippen LogP contribution in [0, 0.1) is 11.8 Å². The molecule has 1 saturated carbocycles. The standard InChI is InChI=1S/C30H39N7O2S.CH4/c1-37(2)27-11-5-9-24-23(27)8-6-12-28(24)40(38,39)34-20-22-15-13-21(14-16-22)19-33-30-35-26-10-4-3-7-25(26)29(36-30)32-18-17-31;/h3-12,21-22,34H,13-20,31H2,1-2H3,(H2,32,33,35,36);1H4. The van der Waals surface area contributed by atoms with Crippen LogP contribution < -0.4 is 26.0 Å². The van der Waals surface area contributed by atoms with Crippen molar-refractivity contribution < 1.29 is 8.42 Å². The predicted molar refractivity (Wildman–Crippen MR) is 171 cm³/mol. The molecule has 41 heavy (non-hydrogen) atoms. The predicted octanol–water partition coefficient (Wildman–Crippen LogP) is 5.05. The van der Waals surface area contributed by atoms with E-state index in [1.165, 1.54) is 0 Å². The second-order valence-corrected chi connectivity index (χ2v) is 12.5. The summed E-state index contributed by atoms with van der Waals surface area (Å²) in [7, 11) is 0.302. The maximum Gasteiger partial charge on any atom is 0.241 e. The van der Waals surface area contributed by atoms with Crippen LogP contribution in [0.4, 0.5) is 17.5 Å². The Balaban J connectivity index is 0.00000387. The lowest BCUT2D eigenvalue weighted by Gasteiger charge is -2.28. The fourth-order valence-corrected chi connectivity index (χ4v) is 6.89. The monoisotopic (exact) mass is 577 g/mol. The highest BCUT2D eigenvalue weighted by Crippen LogP contribution is 2.32. The van der Waals surface area contributed by atoms with Crippen molar-refractivity contribution in [3.8, 4) is 0 Å². The molecule has 3 aromatic carbocycles. The molecular weight excluding hydrogens is 534 g/mol. The van der Waals surface area contributed by atoms with Crippen LogP contribution in [-0.4, -0.2) is 58.7 Å². The van der Waals surface area contributed by atoms with Gasteiger partial charge < -0.3 is 21.3 Å². The van der Waals surface area contributed by atoms with Crippen molar-refractivity contribution in [1.82, 2.24) is 14.7 Å². The number of aromatic nitrogens is 2. The highest BCUT2D eigenvalue weighted by molar-refractivity contribution is 7.89.